The summed E-state index contributed by atoms with van der Waals surface area (Å²) in [6, 6.07) is 0.0584. The Kier molecular flexibility index (Phi) is 4.73. The molecule has 0 radical (unpaired) electrons. The number of hydrogen-bond donors (Lipinski definition) is 2. The second-order valence-electron chi connectivity index (χ2n) is 4.97. The summed E-state index contributed by atoms with van der Waals surface area (Å²) >= 11 is 0. The van der Waals surface area contributed by atoms with Crippen LogP contribution in [-0.4, -0.2) is 41.9 Å². The third-order valence-electron chi connectivity index (χ3n) is 2.91. The van der Waals surface area contributed by atoms with Crippen molar-refractivity contribution in [3.8, 4) is 0 Å². The third-order valence-corrected chi connectivity index (χ3v) is 2.91. The average Bonchev–Trinajstić information content (AvgIpc) is 2.86. The van der Waals surface area contributed by atoms with Gasteiger partial charge < -0.3 is 20.1 Å². The second kappa shape index (κ2) is 6.51. The normalized spacial score (nSPS) is 21.8. The lowest BCUT2D eigenvalue weighted by Gasteiger charge is -2.13. The van der Waals surface area contributed by atoms with Gasteiger partial charge in [-0.25, -0.2) is 14.8 Å². The first kappa shape index (κ1) is 14.5. The van der Waals surface area contributed by atoms with Crippen molar-refractivity contribution in [3.05, 3.63) is 18.0 Å². The third kappa shape index (κ3) is 3.80. The van der Waals surface area contributed by atoms with Crippen LogP contribution in [0.4, 0.5) is 10.7 Å². The van der Waals surface area contributed by atoms with E-state index < -0.39 is 6.09 Å². The van der Waals surface area contributed by atoms with Crippen LogP contribution in [0, 0.1) is 0 Å². The van der Waals surface area contributed by atoms with Gasteiger partial charge in [0.2, 0.25) is 5.95 Å². The Morgan fingerprint density at radius 1 is 1.45 bits per heavy atom. The number of ether oxygens (including phenoxy) is 2. The number of carbonyl (C=O) groups is 1. The summed E-state index contributed by atoms with van der Waals surface area (Å²) in [5, 5.41) is 5.55. The molecule has 1 saturated heterocycles. The van der Waals surface area contributed by atoms with E-state index in [1.807, 2.05) is 13.8 Å². The number of carbonyl (C=O) groups excluding carboxylic acids is 1. The van der Waals surface area contributed by atoms with E-state index in [2.05, 4.69) is 20.6 Å². The Labute approximate surface area is 118 Å². The molecule has 2 rings (SSSR count). The molecule has 0 aliphatic carbocycles. The summed E-state index contributed by atoms with van der Waals surface area (Å²) in [5.41, 5.74) is 0.888. The summed E-state index contributed by atoms with van der Waals surface area (Å²) < 4.78 is 10.9. The van der Waals surface area contributed by atoms with Gasteiger partial charge in [0, 0.05) is 37.5 Å². The fourth-order valence-electron chi connectivity index (χ4n) is 1.97. The minimum absolute atomic E-state index is 0.0584. The van der Waals surface area contributed by atoms with Crippen molar-refractivity contribution in [2.45, 2.75) is 38.5 Å². The van der Waals surface area contributed by atoms with Crippen LogP contribution >= 0.6 is 0 Å². The maximum atomic E-state index is 11.5. The molecule has 2 N–H and O–H groups in total. The maximum Gasteiger partial charge on any atom is 0.407 e. The van der Waals surface area contributed by atoms with Crippen LogP contribution in [0.3, 0.4) is 0 Å². The van der Waals surface area contributed by atoms with Gasteiger partial charge in [-0.1, -0.05) is 0 Å². The standard InChI is InChI=1S/C13H20N4O3/c1-8(2)17-13(18)20-10-4-11(19-7-10)9-5-15-12(14-3)16-6-9/h5-6,8,10-11H,4,7H2,1-3H3,(H,17,18)(H,14,15,16). The largest absolute Gasteiger partial charge is 0.444 e. The van der Waals surface area contributed by atoms with Crippen LogP contribution in [0.2, 0.25) is 0 Å². The fourth-order valence-corrected chi connectivity index (χ4v) is 1.97. The van der Waals surface area contributed by atoms with Gasteiger partial charge in [0.15, 0.2) is 0 Å². The first-order chi connectivity index (χ1) is 9.58. The van der Waals surface area contributed by atoms with E-state index in [0.717, 1.165) is 5.56 Å². The molecule has 1 fully saturated rings. The van der Waals surface area contributed by atoms with Crippen LogP contribution in [0.5, 0.6) is 0 Å². The summed E-state index contributed by atoms with van der Waals surface area (Å²) in [6.45, 7) is 4.16. The van der Waals surface area contributed by atoms with Gasteiger partial charge in [0.05, 0.1) is 12.7 Å². The van der Waals surface area contributed by atoms with Crippen molar-refractivity contribution in [3.63, 3.8) is 0 Å². The first-order valence-electron chi connectivity index (χ1n) is 6.67. The quantitative estimate of drug-likeness (QED) is 0.869. The highest BCUT2D eigenvalue weighted by atomic mass is 16.6. The predicted molar refractivity (Wildman–Crippen MR) is 73.4 cm³/mol. The van der Waals surface area contributed by atoms with Crippen molar-refractivity contribution >= 4 is 12.0 Å². The number of nitrogens with one attached hydrogen (secondary N) is 2. The van der Waals surface area contributed by atoms with E-state index in [0.29, 0.717) is 19.0 Å². The summed E-state index contributed by atoms with van der Waals surface area (Å²) in [5.74, 6) is 0.566. The van der Waals surface area contributed by atoms with Crippen molar-refractivity contribution in [1.29, 1.82) is 0 Å². The monoisotopic (exact) mass is 280 g/mol. The molecule has 110 valence electrons. The van der Waals surface area contributed by atoms with Crippen molar-refractivity contribution in [2.24, 2.45) is 0 Å². The lowest BCUT2D eigenvalue weighted by Crippen LogP contribution is -2.33. The van der Waals surface area contributed by atoms with E-state index in [9.17, 15) is 4.79 Å². The lowest BCUT2D eigenvalue weighted by atomic mass is 10.1. The summed E-state index contributed by atoms with van der Waals surface area (Å²) in [4.78, 5) is 19.8. The zero-order valence-corrected chi connectivity index (χ0v) is 11.9. The first-order valence-corrected chi connectivity index (χ1v) is 6.67. The maximum absolute atomic E-state index is 11.5. The average molecular weight is 280 g/mol. The molecular weight excluding hydrogens is 260 g/mol. The van der Waals surface area contributed by atoms with E-state index in [1.165, 1.54) is 0 Å². The van der Waals surface area contributed by atoms with Crippen LogP contribution in [0.15, 0.2) is 12.4 Å². The zero-order valence-electron chi connectivity index (χ0n) is 11.9. The highest BCUT2D eigenvalue weighted by molar-refractivity contribution is 5.67. The van der Waals surface area contributed by atoms with Gasteiger partial charge in [0.25, 0.3) is 0 Å². The smallest absolute Gasteiger partial charge is 0.407 e. The minimum Gasteiger partial charge on any atom is -0.444 e. The molecule has 20 heavy (non-hydrogen) atoms. The molecule has 1 amide bonds. The van der Waals surface area contributed by atoms with E-state index in [4.69, 9.17) is 9.47 Å². The van der Waals surface area contributed by atoms with Crippen LogP contribution < -0.4 is 10.6 Å². The van der Waals surface area contributed by atoms with Crippen LogP contribution in [0.1, 0.15) is 31.9 Å². The molecule has 1 aromatic heterocycles. The van der Waals surface area contributed by atoms with Crippen molar-refractivity contribution in [2.75, 3.05) is 19.0 Å². The second-order valence-corrected chi connectivity index (χ2v) is 4.97. The Hall–Kier alpha value is -1.89. The van der Waals surface area contributed by atoms with E-state index in [1.54, 1.807) is 19.4 Å². The lowest BCUT2D eigenvalue weighted by molar-refractivity contribution is 0.0690. The zero-order chi connectivity index (χ0) is 14.5. The molecule has 1 aliphatic rings. The Balaban J connectivity index is 1.86. The highest BCUT2D eigenvalue weighted by Gasteiger charge is 2.30. The van der Waals surface area contributed by atoms with Gasteiger partial charge >= 0.3 is 6.09 Å². The van der Waals surface area contributed by atoms with Gasteiger partial charge in [0.1, 0.15) is 6.10 Å². The van der Waals surface area contributed by atoms with E-state index >= 15 is 0 Å². The van der Waals surface area contributed by atoms with Gasteiger partial charge in [-0.05, 0) is 13.8 Å². The Morgan fingerprint density at radius 3 is 2.75 bits per heavy atom. The predicted octanol–water partition coefficient (Wildman–Crippen LogP) is 1.48. The van der Waals surface area contributed by atoms with Gasteiger partial charge in [-0.2, -0.15) is 0 Å². The molecule has 2 unspecified atom stereocenters. The van der Waals surface area contributed by atoms with Gasteiger partial charge in [-0.15, -0.1) is 0 Å². The number of alkyl carbamates (subject to hydrolysis) is 1. The topological polar surface area (TPSA) is 85.4 Å². The number of amides is 1. The number of nitrogens with zero attached hydrogens (tertiary/aromatic N) is 2. The molecule has 7 nitrogen and oxygen atoms in total. The molecule has 0 saturated carbocycles. The highest BCUT2D eigenvalue weighted by Crippen LogP contribution is 2.29. The number of rotatable bonds is 4. The molecule has 0 bridgehead atoms. The van der Waals surface area contributed by atoms with Crippen LogP contribution in [0.25, 0.3) is 0 Å². The molecule has 1 aliphatic heterocycles. The number of anilines is 1. The molecule has 2 atom stereocenters. The van der Waals surface area contributed by atoms with Crippen molar-refractivity contribution < 1.29 is 14.3 Å². The van der Waals surface area contributed by atoms with E-state index in [-0.39, 0.29) is 18.2 Å². The summed E-state index contributed by atoms with van der Waals surface area (Å²) in [6.07, 6.45) is 3.30. The molecule has 7 heteroatoms. The Bertz CT molecular complexity index is 449. The molecular formula is C13H20N4O3. The van der Waals surface area contributed by atoms with Gasteiger partial charge in [-0.3, -0.25) is 0 Å². The molecule has 1 aromatic rings. The number of hydrogen-bond acceptors (Lipinski definition) is 6. The molecule has 2 heterocycles. The SMILES string of the molecule is CNc1ncc(C2CC(OC(=O)NC(C)C)CO2)cn1. The fraction of sp³-hybridized carbons (Fsp3) is 0.615. The Morgan fingerprint density at radius 2 is 2.15 bits per heavy atom. The van der Waals surface area contributed by atoms with Crippen molar-refractivity contribution in [1.82, 2.24) is 15.3 Å². The molecule has 0 spiro atoms. The number of aromatic nitrogens is 2. The minimum atomic E-state index is -0.406. The molecule has 0 aromatic carbocycles. The summed E-state index contributed by atoms with van der Waals surface area (Å²) in [7, 11) is 1.76. The van der Waals surface area contributed by atoms with Crippen LogP contribution in [-0.2, 0) is 9.47 Å².